The van der Waals surface area contributed by atoms with Crippen molar-refractivity contribution in [2.75, 3.05) is 12.8 Å². The van der Waals surface area contributed by atoms with Crippen LogP contribution >= 0.6 is 0 Å². The van der Waals surface area contributed by atoms with Gasteiger partial charge in [0.2, 0.25) is 0 Å². The first-order valence-electron chi connectivity index (χ1n) is 3.82. The van der Waals surface area contributed by atoms with Gasteiger partial charge in [0.05, 0.1) is 19.3 Å². The number of hydrogen-bond donors (Lipinski definition) is 2. The fourth-order valence-electron chi connectivity index (χ4n) is 1.04. The highest BCUT2D eigenvalue weighted by Gasteiger charge is 2.15. The molecule has 0 spiro atoms. The average Bonchev–Trinajstić information content (AvgIpc) is 2.16. The van der Waals surface area contributed by atoms with Crippen LogP contribution in [0.4, 0.5) is 14.6 Å². The largest absolute Gasteiger partial charge is 0.496 e. The number of methoxy groups -OCH3 is 1. The Kier molecular flexibility index (Phi) is 3.19. The second-order valence-electron chi connectivity index (χ2n) is 2.57. The van der Waals surface area contributed by atoms with Crippen LogP contribution in [-0.2, 0) is 6.61 Å². The van der Waals surface area contributed by atoms with Gasteiger partial charge in [-0.05, 0) is 0 Å². The van der Waals surface area contributed by atoms with Crippen LogP contribution in [0.15, 0.2) is 6.07 Å². The molecule has 1 aromatic rings. The van der Waals surface area contributed by atoms with E-state index in [1.54, 1.807) is 0 Å². The summed E-state index contributed by atoms with van der Waals surface area (Å²) in [6.45, 7) is -0.397. The topological polar surface area (TPSA) is 68.4 Å². The number of aliphatic hydroxyl groups excluding tert-OH is 1. The standard InChI is InChI=1S/C8H10F2N2O2/c1-14-6-2-5(7(9)10)12-8(11)4(6)3-13/h2,7,13H,3H2,1H3,(H2,11,12). The number of ether oxygens (including phenoxy) is 1. The van der Waals surface area contributed by atoms with Crippen molar-refractivity contribution < 1.29 is 18.6 Å². The van der Waals surface area contributed by atoms with Crippen LogP contribution in [0.3, 0.4) is 0 Å². The van der Waals surface area contributed by atoms with Crippen molar-refractivity contribution in [3.05, 3.63) is 17.3 Å². The molecule has 1 heterocycles. The van der Waals surface area contributed by atoms with Crippen molar-refractivity contribution >= 4 is 5.82 Å². The normalized spacial score (nSPS) is 10.6. The minimum atomic E-state index is -2.71. The number of aliphatic hydroxyl groups is 1. The smallest absolute Gasteiger partial charge is 0.280 e. The van der Waals surface area contributed by atoms with Gasteiger partial charge in [-0.25, -0.2) is 13.8 Å². The molecule has 0 bridgehead atoms. The first kappa shape index (κ1) is 10.6. The van der Waals surface area contributed by atoms with Gasteiger partial charge in [-0.1, -0.05) is 0 Å². The molecule has 4 nitrogen and oxygen atoms in total. The minimum absolute atomic E-state index is 0.121. The quantitative estimate of drug-likeness (QED) is 0.773. The zero-order valence-electron chi connectivity index (χ0n) is 7.50. The van der Waals surface area contributed by atoms with E-state index in [4.69, 9.17) is 15.6 Å². The van der Waals surface area contributed by atoms with E-state index in [-0.39, 0.29) is 17.1 Å². The van der Waals surface area contributed by atoms with Gasteiger partial charge in [0, 0.05) is 6.07 Å². The number of anilines is 1. The lowest BCUT2D eigenvalue weighted by Gasteiger charge is -2.10. The van der Waals surface area contributed by atoms with Gasteiger partial charge in [-0.15, -0.1) is 0 Å². The summed E-state index contributed by atoms with van der Waals surface area (Å²) in [4.78, 5) is 3.44. The maximum atomic E-state index is 12.3. The molecule has 0 saturated heterocycles. The molecule has 0 aliphatic rings. The Morgan fingerprint density at radius 1 is 1.64 bits per heavy atom. The highest BCUT2D eigenvalue weighted by Crippen LogP contribution is 2.28. The number of rotatable bonds is 3. The Bertz CT molecular complexity index is 331. The van der Waals surface area contributed by atoms with Crippen molar-refractivity contribution in [2.24, 2.45) is 0 Å². The van der Waals surface area contributed by atoms with Crippen LogP contribution in [-0.4, -0.2) is 17.2 Å². The van der Waals surface area contributed by atoms with Gasteiger partial charge < -0.3 is 15.6 Å². The number of halogens is 2. The molecule has 0 atom stereocenters. The Balaban J connectivity index is 3.24. The average molecular weight is 204 g/mol. The molecule has 78 valence electrons. The summed E-state index contributed by atoms with van der Waals surface area (Å²) in [5.41, 5.74) is 5.12. The van der Waals surface area contributed by atoms with Crippen molar-refractivity contribution in [1.82, 2.24) is 4.98 Å². The molecule has 1 rings (SSSR count). The number of nitrogens with two attached hydrogens (primary N) is 1. The Labute approximate surface area is 79.3 Å². The third-order valence-electron chi connectivity index (χ3n) is 1.74. The molecule has 0 aromatic carbocycles. The molecular weight excluding hydrogens is 194 g/mol. The molecule has 0 amide bonds. The molecule has 0 aliphatic heterocycles. The molecule has 3 N–H and O–H groups in total. The summed E-state index contributed by atoms with van der Waals surface area (Å²) in [6, 6.07) is 1.06. The van der Waals surface area contributed by atoms with Gasteiger partial charge in [-0.3, -0.25) is 0 Å². The molecule has 1 aromatic heterocycles. The number of alkyl halides is 2. The zero-order chi connectivity index (χ0) is 10.7. The van der Waals surface area contributed by atoms with Gasteiger partial charge in [0.25, 0.3) is 6.43 Å². The van der Waals surface area contributed by atoms with E-state index in [9.17, 15) is 8.78 Å². The lowest BCUT2D eigenvalue weighted by Crippen LogP contribution is -2.04. The summed E-state index contributed by atoms with van der Waals surface area (Å²) in [6.07, 6.45) is -2.71. The van der Waals surface area contributed by atoms with Crippen LogP contribution in [0.1, 0.15) is 17.7 Å². The summed E-state index contributed by atoms with van der Waals surface area (Å²) < 4.78 is 29.3. The molecule has 0 saturated carbocycles. The van der Waals surface area contributed by atoms with E-state index in [0.29, 0.717) is 0 Å². The molecule has 6 heteroatoms. The Morgan fingerprint density at radius 2 is 2.29 bits per heavy atom. The number of pyridine rings is 1. The zero-order valence-corrected chi connectivity index (χ0v) is 7.50. The molecule has 14 heavy (non-hydrogen) atoms. The SMILES string of the molecule is COc1cc(C(F)F)nc(N)c1CO. The van der Waals surface area contributed by atoms with Crippen molar-refractivity contribution in [3.63, 3.8) is 0 Å². The highest BCUT2D eigenvalue weighted by atomic mass is 19.3. The third kappa shape index (κ3) is 1.90. The van der Waals surface area contributed by atoms with Gasteiger partial charge in [-0.2, -0.15) is 0 Å². The van der Waals surface area contributed by atoms with E-state index in [0.717, 1.165) is 6.07 Å². The molecule has 0 unspecified atom stereocenters. The maximum Gasteiger partial charge on any atom is 0.280 e. The van der Waals surface area contributed by atoms with Crippen molar-refractivity contribution in [3.8, 4) is 5.75 Å². The van der Waals surface area contributed by atoms with E-state index in [2.05, 4.69) is 4.98 Å². The van der Waals surface area contributed by atoms with Gasteiger partial charge in [0.1, 0.15) is 17.3 Å². The second kappa shape index (κ2) is 4.19. The number of aromatic nitrogens is 1. The maximum absolute atomic E-state index is 12.3. The summed E-state index contributed by atoms with van der Waals surface area (Å²) in [5.74, 6) is -0.0162. The molecule has 0 aliphatic carbocycles. The number of nitrogens with zero attached hydrogens (tertiary/aromatic N) is 1. The highest BCUT2D eigenvalue weighted by molar-refractivity contribution is 5.49. The monoisotopic (exact) mass is 204 g/mol. The van der Waals surface area contributed by atoms with Crippen molar-refractivity contribution in [1.29, 1.82) is 0 Å². The predicted molar refractivity (Wildman–Crippen MR) is 46.1 cm³/mol. The van der Waals surface area contributed by atoms with Crippen LogP contribution in [0.2, 0.25) is 0 Å². The summed E-state index contributed by atoms with van der Waals surface area (Å²) >= 11 is 0. The Morgan fingerprint density at radius 3 is 2.71 bits per heavy atom. The molecular formula is C8H10F2N2O2. The number of nitrogen functional groups attached to an aromatic ring is 1. The van der Waals surface area contributed by atoms with Gasteiger partial charge >= 0.3 is 0 Å². The number of hydrogen-bond acceptors (Lipinski definition) is 4. The van der Waals surface area contributed by atoms with E-state index < -0.39 is 18.7 Å². The summed E-state index contributed by atoms with van der Waals surface area (Å²) in [7, 11) is 1.31. The first-order valence-corrected chi connectivity index (χ1v) is 3.82. The van der Waals surface area contributed by atoms with E-state index in [1.807, 2.05) is 0 Å². The second-order valence-corrected chi connectivity index (χ2v) is 2.57. The van der Waals surface area contributed by atoms with E-state index >= 15 is 0 Å². The van der Waals surface area contributed by atoms with Crippen LogP contribution < -0.4 is 10.5 Å². The first-order chi connectivity index (χ1) is 6.60. The van der Waals surface area contributed by atoms with Crippen LogP contribution in [0.5, 0.6) is 5.75 Å². The fourth-order valence-corrected chi connectivity index (χ4v) is 1.04. The minimum Gasteiger partial charge on any atom is -0.496 e. The van der Waals surface area contributed by atoms with Crippen LogP contribution in [0.25, 0.3) is 0 Å². The lowest BCUT2D eigenvalue weighted by molar-refractivity contribution is 0.145. The van der Waals surface area contributed by atoms with E-state index in [1.165, 1.54) is 7.11 Å². The molecule has 0 fully saturated rings. The third-order valence-corrected chi connectivity index (χ3v) is 1.74. The molecule has 0 radical (unpaired) electrons. The van der Waals surface area contributed by atoms with Gasteiger partial charge in [0.15, 0.2) is 0 Å². The lowest BCUT2D eigenvalue weighted by atomic mass is 10.2. The van der Waals surface area contributed by atoms with Crippen molar-refractivity contribution in [2.45, 2.75) is 13.0 Å². The Hall–Kier alpha value is -1.43. The summed E-state index contributed by atoms with van der Waals surface area (Å²) in [5, 5.41) is 8.87. The predicted octanol–water partition coefficient (Wildman–Crippen LogP) is 1.10. The fraction of sp³-hybridized carbons (Fsp3) is 0.375. The van der Waals surface area contributed by atoms with Crippen LogP contribution in [0, 0.1) is 0 Å².